The van der Waals surface area contributed by atoms with Gasteiger partial charge in [0.15, 0.2) is 0 Å². The first-order valence-electron chi connectivity index (χ1n) is 6.94. The summed E-state index contributed by atoms with van der Waals surface area (Å²) >= 11 is 0. The molecule has 1 heterocycles. The van der Waals surface area contributed by atoms with Crippen molar-refractivity contribution < 1.29 is 0 Å². The molecule has 106 valence electrons. The molecular formula is C18H19N3. The second-order valence-electron chi connectivity index (χ2n) is 4.34. The summed E-state index contributed by atoms with van der Waals surface area (Å²) in [6.45, 7) is 3.99. The molecule has 0 saturated heterocycles. The number of benzene rings is 1. The Balaban J connectivity index is 2.55. The Hall–Kier alpha value is -2.68. The van der Waals surface area contributed by atoms with Gasteiger partial charge in [0.05, 0.1) is 0 Å². The van der Waals surface area contributed by atoms with Crippen LogP contribution in [0.4, 0.5) is 11.6 Å². The average molecular weight is 277 g/mol. The lowest BCUT2D eigenvalue weighted by Gasteiger charge is -2.23. The third-order valence-corrected chi connectivity index (χ3v) is 2.82. The van der Waals surface area contributed by atoms with E-state index in [0.717, 1.165) is 11.4 Å². The van der Waals surface area contributed by atoms with Crippen LogP contribution >= 0.6 is 0 Å². The SMILES string of the molecule is C\C=C/C=C(\C=C/C)N(c1ccccc1)c1ncccn1. The molecule has 0 aliphatic carbocycles. The van der Waals surface area contributed by atoms with Crippen LogP contribution in [0, 0.1) is 0 Å². The molecule has 0 aliphatic rings. The lowest BCUT2D eigenvalue weighted by molar-refractivity contribution is 1.05. The van der Waals surface area contributed by atoms with E-state index in [9.17, 15) is 0 Å². The summed E-state index contributed by atoms with van der Waals surface area (Å²) in [5.41, 5.74) is 2.03. The van der Waals surface area contributed by atoms with Gasteiger partial charge in [0.2, 0.25) is 5.95 Å². The molecule has 2 aromatic rings. The standard InChI is InChI=1S/C18H19N3/c1-3-5-11-16(10-4-2)21(17-12-7-6-8-13-17)18-19-14-9-15-20-18/h3-15H,1-2H3/b5-3-,10-4-,16-11+. The zero-order chi connectivity index (χ0) is 14.9. The van der Waals surface area contributed by atoms with Crippen LogP contribution in [-0.2, 0) is 0 Å². The van der Waals surface area contributed by atoms with Crippen molar-refractivity contribution in [3.63, 3.8) is 0 Å². The van der Waals surface area contributed by atoms with Gasteiger partial charge in [-0.25, -0.2) is 9.97 Å². The van der Waals surface area contributed by atoms with Gasteiger partial charge in [-0.2, -0.15) is 0 Å². The van der Waals surface area contributed by atoms with Crippen LogP contribution in [0.2, 0.25) is 0 Å². The van der Waals surface area contributed by atoms with Gasteiger partial charge in [0, 0.05) is 23.8 Å². The predicted octanol–water partition coefficient (Wildman–Crippen LogP) is 4.65. The van der Waals surface area contributed by atoms with E-state index in [-0.39, 0.29) is 0 Å². The van der Waals surface area contributed by atoms with Gasteiger partial charge in [0.25, 0.3) is 0 Å². The van der Waals surface area contributed by atoms with Gasteiger partial charge < -0.3 is 0 Å². The number of nitrogens with zero attached hydrogens (tertiary/aromatic N) is 3. The molecule has 3 heteroatoms. The van der Waals surface area contributed by atoms with Gasteiger partial charge in [0.1, 0.15) is 0 Å². The summed E-state index contributed by atoms with van der Waals surface area (Å²) in [5, 5.41) is 0. The van der Waals surface area contributed by atoms with Gasteiger partial charge in [-0.3, -0.25) is 4.90 Å². The number of allylic oxidation sites excluding steroid dienone is 5. The van der Waals surface area contributed by atoms with E-state index in [2.05, 4.69) is 9.97 Å². The lowest BCUT2D eigenvalue weighted by atomic mass is 10.2. The molecule has 0 saturated carbocycles. The first-order chi connectivity index (χ1) is 10.4. The molecule has 0 fully saturated rings. The van der Waals surface area contributed by atoms with E-state index in [4.69, 9.17) is 0 Å². The Labute approximate surface area is 126 Å². The minimum Gasteiger partial charge on any atom is -0.279 e. The van der Waals surface area contributed by atoms with E-state index >= 15 is 0 Å². The number of aromatic nitrogens is 2. The number of para-hydroxylation sites is 1. The van der Waals surface area contributed by atoms with Crippen molar-refractivity contribution in [1.82, 2.24) is 9.97 Å². The fourth-order valence-electron chi connectivity index (χ4n) is 1.93. The van der Waals surface area contributed by atoms with Crippen LogP contribution in [0.5, 0.6) is 0 Å². The van der Waals surface area contributed by atoms with E-state index < -0.39 is 0 Å². The van der Waals surface area contributed by atoms with Crippen LogP contribution in [0.25, 0.3) is 0 Å². The maximum absolute atomic E-state index is 4.38. The first kappa shape index (κ1) is 14.7. The highest BCUT2D eigenvalue weighted by Gasteiger charge is 2.14. The largest absolute Gasteiger partial charge is 0.279 e. The minimum atomic E-state index is 0.651. The second kappa shape index (κ2) is 7.80. The molecule has 3 nitrogen and oxygen atoms in total. The quantitative estimate of drug-likeness (QED) is 0.745. The summed E-state index contributed by atoms with van der Waals surface area (Å²) < 4.78 is 0. The van der Waals surface area contributed by atoms with Crippen LogP contribution in [-0.4, -0.2) is 9.97 Å². The maximum atomic E-state index is 4.38. The number of hydrogen-bond acceptors (Lipinski definition) is 3. The summed E-state index contributed by atoms with van der Waals surface area (Å²) in [4.78, 5) is 10.8. The third-order valence-electron chi connectivity index (χ3n) is 2.82. The molecule has 0 unspecified atom stereocenters. The highest BCUT2D eigenvalue weighted by atomic mass is 15.3. The van der Waals surface area contributed by atoms with Crippen LogP contribution in [0.15, 0.2) is 84.9 Å². The van der Waals surface area contributed by atoms with Crippen molar-refractivity contribution in [3.8, 4) is 0 Å². The number of anilines is 2. The normalized spacial score (nSPS) is 12.2. The molecule has 0 bridgehead atoms. The predicted molar refractivity (Wildman–Crippen MR) is 88.3 cm³/mol. The van der Waals surface area contributed by atoms with Crippen molar-refractivity contribution in [2.75, 3.05) is 4.90 Å². The molecule has 1 aromatic heterocycles. The molecule has 0 spiro atoms. The van der Waals surface area contributed by atoms with E-state index in [1.165, 1.54) is 0 Å². The molecule has 0 aliphatic heterocycles. The summed E-state index contributed by atoms with van der Waals surface area (Å²) in [6.07, 6.45) is 13.6. The Morgan fingerprint density at radius 2 is 1.67 bits per heavy atom. The average Bonchev–Trinajstić information content (AvgIpc) is 2.55. The summed E-state index contributed by atoms with van der Waals surface area (Å²) in [7, 11) is 0. The fraction of sp³-hybridized carbons (Fsp3) is 0.111. The molecule has 0 atom stereocenters. The smallest absolute Gasteiger partial charge is 0.234 e. The Morgan fingerprint density at radius 3 is 2.29 bits per heavy atom. The minimum absolute atomic E-state index is 0.651. The van der Waals surface area contributed by atoms with Crippen molar-refractivity contribution in [3.05, 3.63) is 84.9 Å². The van der Waals surface area contributed by atoms with E-state index in [0.29, 0.717) is 5.95 Å². The Kier molecular flexibility index (Phi) is 5.47. The van der Waals surface area contributed by atoms with Gasteiger partial charge in [-0.15, -0.1) is 0 Å². The highest BCUT2D eigenvalue weighted by Crippen LogP contribution is 2.26. The molecule has 1 aromatic carbocycles. The van der Waals surface area contributed by atoms with Crippen molar-refractivity contribution in [1.29, 1.82) is 0 Å². The van der Waals surface area contributed by atoms with Crippen LogP contribution < -0.4 is 4.90 Å². The van der Waals surface area contributed by atoms with Crippen molar-refractivity contribution in [2.45, 2.75) is 13.8 Å². The third kappa shape index (κ3) is 3.89. The van der Waals surface area contributed by atoms with Gasteiger partial charge >= 0.3 is 0 Å². The molecule has 21 heavy (non-hydrogen) atoms. The maximum Gasteiger partial charge on any atom is 0.234 e. The zero-order valence-electron chi connectivity index (χ0n) is 12.3. The van der Waals surface area contributed by atoms with Gasteiger partial charge in [-0.1, -0.05) is 36.4 Å². The van der Waals surface area contributed by atoms with E-state index in [1.807, 2.05) is 85.5 Å². The summed E-state index contributed by atoms with van der Waals surface area (Å²) in [5.74, 6) is 0.651. The van der Waals surface area contributed by atoms with Gasteiger partial charge in [-0.05, 0) is 44.2 Å². The number of rotatable bonds is 5. The van der Waals surface area contributed by atoms with Crippen LogP contribution in [0.1, 0.15) is 13.8 Å². The second-order valence-corrected chi connectivity index (χ2v) is 4.34. The molecule has 0 radical (unpaired) electrons. The molecule has 2 rings (SSSR count). The monoisotopic (exact) mass is 277 g/mol. The number of hydrogen-bond donors (Lipinski definition) is 0. The fourth-order valence-corrected chi connectivity index (χ4v) is 1.93. The molecular weight excluding hydrogens is 258 g/mol. The highest BCUT2D eigenvalue weighted by molar-refractivity contribution is 5.65. The van der Waals surface area contributed by atoms with E-state index in [1.54, 1.807) is 12.4 Å². The zero-order valence-corrected chi connectivity index (χ0v) is 12.3. The Morgan fingerprint density at radius 1 is 0.952 bits per heavy atom. The topological polar surface area (TPSA) is 29.0 Å². The van der Waals surface area contributed by atoms with Crippen molar-refractivity contribution in [2.24, 2.45) is 0 Å². The Bertz CT molecular complexity index is 589. The van der Waals surface area contributed by atoms with Crippen molar-refractivity contribution >= 4 is 11.6 Å². The first-order valence-corrected chi connectivity index (χ1v) is 6.94. The molecule has 0 amide bonds. The van der Waals surface area contributed by atoms with Crippen LogP contribution in [0.3, 0.4) is 0 Å². The molecule has 0 N–H and O–H groups in total. The lowest BCUT2D eigenvalue weighted by Crippen LogP contribution is -2.17. The summed E-state index contributed by atoms with van der Waals surface area (Å²) in [6, 6.07) is 11.9.